The van der Waals surface area contributed by atoms with Crippen LogP contribution in [-0.2, 0) is 0 Å². The standard InChI is InChI=1S/C15H17N3O2/c19-14-8-12(11-5-1-2-6-13(11)18-14)15(20)17-9-10-4-3-7-16-10/h1-2,5-6,8,10,16H,3-4,7,9H2,(H,17,20)(H,18,19). The molecule has 5 heteroatoms. The van der Waals surface area contributed by atoms with Crippen molar-refractivity contribution in [3.05, 3.63) is 46.2 Å². The first-order valence-electron chi connectivity index (χ1n) is 6.88. The molecule has 1 unspecified atom stereocenters. The Bertz CT molecular complexity index is 687. The number of fused-ring (bicyclic) bond motifs is 1. The zero-order chi connectivity index (χ0) is 13.9. The second-order valence-electron chi connectivity index (χ2n) is 5.10. The molecule has 1 fully saturated rings. The van der Waals surface area contributed by atoms with Gasteiger partial charge in [-0.1, -0.05) is 18.2 Å². The Morgan fingerprint density at radius 1 is 1.35 bits per heavy atom. The highest BCUT2D eigenvalue weighted by Crippen LogP contribution is 2.14. The van der Waals surface area contributed by atoms with Crippen molar-refractivity contribution in [3.8, 4) is 0 Å². The van der Waals surface area contributed by atoms with E-state index in [1.165, 1.54) is 6.07 Å². The lowest BCUT2D eigenvalue weighted by atomic mass is 10.1. The summed E-state index contributed by atoms with van der Waals surface area (Å²) >= 11 is 0. The topological polar surface area (TPSA) is 74.0 Å². The molecule has 0 saturated carbocycles. The van der Waals surface area contributed by atoms with Gasteiger partial charge in [-0.3, -0.25) is 9.59 Å². The molecule has 3 rings (SSSR count). The Morgan fingerprint density at radius 2 is 2.20 bits per heavy atom. The van der Waals surface area contributed by atoms with Crippen LogP contribution < -0.4 is 16.2 Å². The maximum absolute atomic E-state index is 12.3. The molecule has 3 N–H and O–H groups in total. The molecule has 1 aliphatic heterocycles. The van der Waals surface area contributed by atoms with Crippen LogP contribution in [0.5, 0.6) is 0 Å². The molecule has 5 nitrogen and oxygen atoms in total. The highest BCUT2D eigenvalue weighted by Gasteiger charge is 2.16. The number of aromatic amines is 1. The molecule has 1 aliphatic rings. The fourth-order valence-corrected chi connectivity index (χ4v) is 2.63. The first-order chi connectivity index (χ1) is 9.74. The maximum atomic E-state index is 12.3. The molecule has 0 spiro atoms. The number of rotatable bonds is 3. The van der Waals surface area contributed by atoms with Gasteiger partial charge in [0.15, 0.2) is 0 Å². The molecule has 2 aromatic rings. The molecule has 20 heavy (non-hydrogen) atoms. The molecule has 0 bridgehead atoms. The monoisotopic (exact) mass is 271 g/mol. The second-order valence-corrected chi connectivity index (χ2v) is 5.10. The van der Waals surface area contributed by atoms with Crippen molar-refractivity contribution in [1.29, 1.82) is 0 Å². The molecule has 1 saturated heterocycles. The smallest absolute Gasteiger partial charge is 0.252 e. The molecule has 1 aromatic heterocycles. The molecule has 1 amide bonds. The van der Waals surface area contributed by atoms with E-state index in [1.54, 1.807) is 6.07 Å². The molecular weight excluding hydrogens is 254 g/mol. The summed E-state index contributed by atoms with van der Waals surface area (Å²) in [5, 5.41) is 7.00. The number of carbonyl (C=O) groups is 1. The van der Waals surface area contributed by atoms with Gasteiger partial charge in [0.1, 0.15) is 0 Å². The van der Waals surface area contributed by atoms with Gasteiger partial charge >= 0.3 is 0 Å². The number of carbonyl (C=O) groups excluding carboxylic acids is 1. The van der Waals surface area contributed by atoms with Crippen LogP contribution in [0.2, 0.25) is 0 Å². The Balaban J connectivity index is 1.85. The summed E-state index contributed by atoms with van der Waals surface area (Å²) in [6.45, 7) is 1.61. The van der Waals surface area contributed by atoms with Gasteiger partial charge in [0, 0.05) is 29.6 Å². The Kier molecular flexibility index (Phi) is 3.52. The van der Waals surface area contributed by atoms with E-state index in [2.05, 4.69) is 15.6 Å². The molecule has 2 heterocycles. The van der Waals surface area contributed by atoms with Crippen LogP contribution >= 0.6 is 0 Å². The average molecular weight is 271 g/mol. The molecule has 0 aliphatic carbocycles. The first kappa shape index (κ1) is 12.9. The quantitative estimate of drug-likeness (QED) is 0.780. The third kappa shape index (κ3) is 2.58. The van der Waals surface area contributed by atoms with Crippen molar-refractivity contribution in [1.82, 2.24) is 15.6 Å². The summed E-state index contributed by atoms with van der Waals surface area (Å²) in [6.07, 6.45) is 2.23. The van der Waals surface area contributed by atoms with Crippen molar-refractivity contribution in [2.75, 3.05) is 13.1 Å². The highest BCUT2D eigenvalue weighted by atomic mass is 16.2. The van der Waals surface area contributed by atoms with E-state index < -0.39 is 0 Å². The average Bonchev–Trinajstić information content (AvgIpc) is 2.97. The number of nitrogens with one attached hydrogen (secondary N) is 3. The van der Waals surface area contributed by atoms with Gasteiger partial charge < -0.3 is 15.6 Å². The van der Waals surface area contributed by atoms with Crippen LogP contribution in [0.1, 0.15) is 23.2 Å². The number of benzene rings is 1. The van der Waals surface area contributed by atoms with Crippen LogP contribution in [0.3, 0.4) is 0 Å². The van der Waals surface area contributed by atoms with Gasteiger partial charge in [-0.15, -0.1) is 0 Å². The summed E-state index contributed by atoms with van der Waals surface area (Å²) in [6, 6.07) is 9.03. The lowest BCUT2D eigenvalue weighted by molar-refractivity contribution is 0.0952. The first-order valence-corrected chi connectivity index (χ1v) is 6.88. The largest absolute Gasteiger partial charge is 0.350 e. The maximum Gasteiger partial charge on any atom is 0.252 e. The Labute approximate surface area is 116 Å². The van der Waals surface area contributed by atoms with Gasteiger partial charge in [0.25, 0.3) is 5.91 Å². The Morgan fingerprint density at radius 3 is 3.00 bits per heavy atom. The van der Waals surface area contributed by atoms with Crippen molar-refractivity contribution in [2.24, 2.45) is 0 Å². The number of aromatic nitrogens is 1. The lowest BCUT2D eigenvalue weighted by Crippen LogP contribution is -2.37. The summed E-state index contributed by atoms with van der Waals surface area (Å²) in [4.78, 5) is 26.6. The van der Waals surface area contributed by atoms with Crippen molar-refractivity contribution in [2.45, 2.75) is 18.9 Å². The number of hydrogen-bond acceptors (Lipinski definition) is 3. The van der Waals surface area contributed by atoms with Gasteiger partial charge in [-0.25, -0.2) is 0 Å². The van der Waals surface area contributed by atoms with E-state index in [1.807, 2.05) is 18.2 Å². The predicted octanol–water partition coefficient (Wildman–Crippen LogP) is 1.01. The van der Waals surface area contributed by atoms with Crippen molar-refractivity contribution >= 4 is 16.8 Å². The number of amides is 1. The summed E-state index contributed by atoms with van der Waals surface area (Å²) in [7, 11) is 0. The van der Waals surface area contributed by atoms with E-state index in [0.717, 1.165) is 24.8 Å². The number of pyridine rings is 1. The number of para-hydroxylation sites is 1. The zero-order valence-electron chi connectivity index (χ0n) is 11.1. The molecular formula is C15H17N3O2. The van der Waals surface area contributed by atoms with E-state index in [4.69, 9.17) is 0 Å². The molecule has 0 radical (unpaired) electrons. The van der Waals surface area contributed by atoms with E-state index >= 15 is 0 Å². The van der Waals surface area contributed by atoms with Crippen LogP contribution in [0.25, 0.3) is 10.9 Å². The third-order valence-corrected chi connectivity index (χ3v) is 3.67. The van der Waals surface area contributed by atoms with Crippen LogP contribution in [0.15, 0.2) is 35.1 Å². The predicted molar refractivity (Wildman–Crippen MR) is 77.9 cm³/mol. The minimum atomic E-state index is -0.257. The van der Waals surface area contributed by atoms with E-state index in [0.29, 0.717) is 23.7 Å². The highest BCUT2D eigenvalue weighted by molar-refractivity contribution is 6.05. The van der Waals surface area contributed by atoms with Crippen LogP contribution in [0, 0.1) is 0 Å². The molecule has 1 aromatic carbocycles. The summed E-state index contributed by atoms with van der Waals surface area (Å²) in [5.41, 5.74) is 0.860. The van der Waals surface area contributed by atoms with Crippen LogP contribution in [0.4, 0.5) is 0 Å². The van der Waals surface area contributed by atoms with Gasteiger partial charge in [0.05, 0.1) is 5.56 Å². The lowest BCUT2D eigenvalue weighted by Gasteiger charge is -2.12. The summed E-state index contributed by atoms with van der Waals surface area (Å²) < 4.78 is 0. The van der Waals surface area contributed by atoms with Crippen LogP contribution in [-0.4, -0.2) is 30.0 Å². The van der Waals surface area contributed by atoms with E-state index in [-0.39, 0.29) is 11.5 Å². The Hall–Kier alpha value is -2.14. The number of H-pyrrole nitrogens is 1. The van der Waals surface area contributed by atoms with Crippen molar-refractivity contribution < 1.29 is 4.79 Å². The third-order valence-electron chi connectivity index (χ3n) is 3.67. The minimum Gasteiger partial charge on any atom is -0.350 e. The number of hydrogen-bond donors (Lipinski definition) is 3. The van der Waals surface area contributed by atoms with Crippen molar-refractivity contribution in [3.63, 3.8) is 0 Å². The second kappa shape index (κ2) is 5.46. The minimum absolute atomic E-state index is 0.194. The van der Waals surface area contributed by atoms with Gasteiger partial charge in [-0.2, -0.15) is 0 Å². The SMILES string of the molecule is O=C(NCC1CCCN1)c1cc(=O)[nH]c2ccccc12. The zero-order valence-corrected chi connectivity index (χ0v) is 11.1. The normalized spacial score (nSPS) is 18.3. The fraction of sp³-hybridized carbons (Fsp3) is 0.333. The molecule has 1 atom stereocenters. The fourth-order valence-electron chi connectivity index (χ4n) is 2.63. The van der Waals surface area contributed by atoms with Gasteiger partial charge in [-0.05, 0) is 25.5 Å². The molecule has 104 valence electrons. The van der Waals surface area contributed by atoms with E-state index in [9.17, 15) is 9.59 Å². The summed E-state index contributed by atoms with van der Waals surface area (Å²) in [5.74, 6) is -0.194. The van der Waals surface area contributed by atoms with Gasteiger partial charge in [0.2, 0.25) is 5.56 Å².